The molecule has 0 fully saturated rings. The van der Waals surface area contributed by atoms with E-state index >= 15 is 0 Å². The second kappa shape index (κ2) is 6.51. The lowest BCUT2D eigenvalue weighted by Gasteiger charge is -2.24. The van der Waals surface area contributed by atoms with Crippen molar-refractivity contribution in [3.05, 3.63) is 29.3 Å². The van der Waals surface area contributed by atoms with Crippen molar-refractivity contribution in [3.8, 4) is 5.75 Å². The predicted molar refractivity (Wildman–Crippen MR) is 86.0 cm³/mol. The first kappa shape index (κ1) is 17.8. The Kier molecular flexibility index (Phi) is 4.82. The average molecular weight is 334 g/mol. The minimum Gasteiger partial charge on any atom is -0.508 e. The molecule has 1 unspecified atom stereocenters. The Labute approximate surface area is 140 Å². The highest BCUT2D eigenvalue weighted by Gasteiger charge is 2.33. The molecule has 1 aliphatic rings. The molecule has 0 aromatic heterocycles. The molecule has 0 bridgehead atoms. The summed E-state index contributed by atoms with van der Waals surface area (Å²) in [4.78, 5) is 37.4. The number of amides is 2. The van der Waals surface area contributed by atoms with E-state index in [4.69, 9.17) is 10.5 Å². The van der Waals surface area contributed by atoms with Crippen molar-refractivity contribution in [3.63, 3.8) is 0 Å². The molecule has 1 heterocycles. The van der Waals surface area contributed by atoms with Gasteiger partial charge in [-0.25, -0.2) is 0 Å². The number of carbonyl (C=O) groups is 3. The molecule has 1 atom stereocenters. The lowest BCUT2D eigenvalue weighted by atomic mass is 10.0. The monoisotopic (exact) mass is 334 g/mol. The molecule has 1 aromatic rings. The van der Waals surface area contributed by atoms with Gasteiger partial charge in [0.25, 0.3) is 5.91 Å². The number of primary amides is 1. The third-order valence-electron chi connectivity index (χ3n) is 3.74. The summed E-state index contributed by atoms with van der Waals surface area (Å²) in [7, 11) is 0. The maximum Gasteiger partial charge on any atom is 0.319 e. The maximum atomic E-state index is 12.3. The number of hydrogen-bond donors (Lipinski definition) is 2. The second-order valence-corrected chi connectivity index (χ2v) is 6.81. The zero-order valence-electron chi connectivity index (χ0n) is 14.0. The van der Waals surface area contributed by atoms with Gasteiger partial charge >= 0.3 is 5.97 Å². The number of aromatic hydroxyl groups is 1. The zero-order chi connectivity index (χ0) is 18.1. The number of phenolic OH excluding ortho intramolecular Hbond substituents is 1. The molecule has 7 heteroatoms. The zero-order valence-corrected chi connectivity index (χ0v) is 14.0. The van der Waals surface area contributed by atoms with E-state index in [0.29, 0.717) is 11.1 Å². The quantitative estimate of drug-likeness (QED) is 0.620. The molecule has 0 saturated carbocycles. The van der Waals surface area contributed by atoms with Crippen LogP contribution in [0.4, 0.5) is 0 Å². The molecule has 0 radical (unpaired) electrons. The van der Waals surface area contributed by atoms with Crippen LogP contribution in [0.25, 0.3) is 0 Å². The molecule has 0 saturated heterocycles. The number of nitrogens with zero attached hydrogens (tertiary/aromatic N) is 1. The second-order valence-electron chi connectivity index (χ2n) is 6.81. The number of phenols is 1. The van der Waals surface area contributed by atoms with Crippen LogP contribution in [0.15, 0.2) is 18.2 Å². The Bertz CT molecular complexity index is 678. The molecular formula is C17H22N2O5. The minimum atomic E-state index is -1.12. The minimum absolute atomic E-state index is 0.0574. The van der Waals surface area contributed by atoms with Gasteiger partial charge in [-0.15, -0.1) is 0 Å². The molecular weight excluding hydrogens is 312 g/mol. The van der Waals surface area contributed by atoms with Crippen molar-refractivity contribution >= 4 is 17.8 Å². The molecule has 3 N–H and O–H groups in total. The topological polar surface area (TPSA) is 110 Å². The summed E-state index contributed by atoms with van der Waals surface area (Å²) in [6.07, 6.45) is 0.0741. The van der Waals surface area contributed by atoms with Gasteiger partial charge in [0.05, 0.1) is 6.54 Å². The number of nitrogens with two attached hydrogens (primary N) is 1. The lowest BCUT2D eigenvalue weighted by Crippen LogP contribution is -2.38. The molecule has 2 rings (SSSR count). The highest BCUT2D eigenvalue weighted by molar-refractivity contribution is 5.99. The summed E-state index contributed by atoms with van der Waals surface area (Å²) in [5, 5.41) is 9.82. The lowest BCUT2D eigenvalue weighted by molar-refractivity contribution is -0.162. The van der Waals surface area contributed by atoms with E-state index < -0.39 is 23.4 Å². The molecule has 1 aromatic carbocycles. The number of carbonyl (C=O) groups excluding carboxylic acids is 3. The summed E-state index contributed by atoms with van der Waals surface area (Å²) >= 11 is 0. The van der Waals surface area contributed by atoms with E-state index in [9.17, 15) is 19.5 Å². The van der Waals surface area contributed by atoms with Gasteiger partial charge in [0.1, 0.15) is 17.3 Å². The van der Waals surface area contributed by atoms with E-state index in [2.05, 4.69) is 0 Å². The highest BCUT2D eigenvalue weighted by Crippen LogP contribution is 2.30. The van der Waals surface area contributed by atoms with Crippen LogP contribution >= 0.6 is 0 Å². The van der Waals surface area contributed by atoms with E-state index in [1.165, 1.54) is 11.0 Å². The normalized spacial score (nSPS) is 15.1. The van der Waals surface area contributed by atoms with E-state index in [0.717, 1.165) is 0 Å². The molecule has 2 amide bonds. The standard InChI is InChI=1S/C17H22N2O5/c1-17(2,3)24-16(23)11(14(18)21)7-8-19-9-12-10(15(19)22)5-4-6-13(12)20/h4-6,11,20H,7-9H2,1-3H3,(H2,18,21). The number of rotatable bonds is 5. The first-order valence-electron chi connectivity index (χ1n) is 7.72. The van der Waals surface area contributed by atoms with Gasteiger partial charge in [0.2, 0.25) is 5.91 Å². The van der Waals surface area contributed by atoms with Crippen LogP contribution < -0.4 is 5.73 Å². The summed E-state index contributed by atoms with van der Waals surface area (Å²) in [6.45, 7) is 5.51. The van der Waals surface area contributed by atoms with Gasteiger partial charge in [0, 0.05) is 17.7 Å². The van der Waals surface area contributed by atoms with Gasteiger partial charge in [0.15, 0.2) is 0 Å². The summed E-state index contributed by atoms with van der Waals surface area (Å²) < 4.78 is 5.20. The number of benzene rings is 1. The van der Waals surface area contributed by atoms with Crippen LogP contribution in [0.5, 0.6) is 5.75 Å². The molecule has 0 aliphatic carbocycles. The highest BCUT2D eigenvalue weighted by atomic mass is 16.6. The van der Waals surface area contributed by atoms with Gasteiger partial charge in [-0.05, 0) is 39.3 Å². The third kappa shape index (κ3) is 3.84. The summed E-state index contributed by atoms with van der Waals surface area (Å²) in [5.74, 6) is -2.78. The Morgan fingerprint density at radius 3 is 2.58 bits per heavy atom. The fraction of sp³-hybridized carbons (Fsp3) is 0.471. The van der Waals surface area contributed by atoms with E-state index in [-0.39, 0.29) is 31.2 Å². The fourth-order valence-electron chi connectivity index (χ4n) is 2.59. The number of fused-ring (bicyclic) bond motifs is 1. The predicted octanol–water partition coefficient (Wildman–Crippen LogP) is 1.18. The van der Waals surface area contributed by atoms with Crippen LogP contribution in [-0.2, 0) is 20.9 Å². The van der Waals surface area contributed by atoms with Crippen LogP contribution in [0.3, 0.4) is 0 Å². The Hall–Kier alpha value is -2.57. The van der Waals surface area contributed by atoms with Gasteiger partial charge in [-0.1, -0.05) is 6.07 Å². The van der Waals surface area contributed by atoms with Gasteiger partial charge < -0.3 is 20.5 Å². The summed E-state index contributed by atoms with van der Waals surface area (Å²) in [6, 6.07) is 4.75. The SMILES string of the molecule is CC(C)(C)OC(=O)C(CCN1Cc2c(O)cccc2C1=O)C(N)=O. The smallest absolute Gasteiger partial charge is 0.319 e. The Morgan fingerprint density at radius 1 is 1.38 bits per heavy atom. The fourth-order valence-corrected chi connectivity index (χ4v) is 2.59. The van der Waals surface area contributed by atoms with Crippen LogP contribution in [0.2, 0.25) is 0 Å². The first-order chi connectivity index (χ1) is 11.1. The van der Waals surface area contributed by atoms with Crippen molar-refractivity contribution in [1.82, 2.24) is 4.90 Å². The summed E-state index contributed by atoms with van der Waals surface area (Å²) in [5.41, 5.74) is 5.56. The molecule has 0 spiro atoms. The third-order valence-corrected chi connectivity index (χ3v) is 3.74. The molecule has 130 valence electrons. The van der Waals surface area contributed by atoms with E-state index in [1.807, 2.05) is 0 Å². The molecule has 1 aliphatic heterocycles. The Balaban J connectivity index is 2.04. The van der Waals surface area contributed by atoms with Crippen LogP contribution in [0, 0.1) is 5.92 Å². The van der Waals surface area contributed by atoms with Crippen molar-refractivity contribution in [2.24, 2.45) is 11.7 Å². The van der Waals surface area contributed by atoms with Crippen molar-refractivity contribution < 1.29 is 24.2 Å². The largest absolute Gasteiger partial charge is 0.508 e. The molecule has 24 heavy (non-hydrogen) atoms. The van der Waals surface area contributed by atoms with Crippen molar-refractivity contribution in [2.45, 2.75) is 39.3 Å². The van der Waals surface area contributed by atoms with E-state index in [1.54, 1.807) is 32.9 Å². The number of ether oxygens (including phenoxy) is 1. The van der Waals surface area contributed by atoms with Gasteiger partial charge in [-0.3, -0.25) is 14.4 Å². The Morgan fingerprint density at radius 2 is 2.04 bits per heavy atom. The average Bonchev–Trinajstić information content (AvgIpc) is 2.75. The number of esters is 1. The van der Waals surface area contributed by atoms with Crippen molar-refractivity contribution in [2.75, 3.05) is 6.54 Å². The van der Waals surface area contributed by atoms with Crippen LogP contribution in [0.1, 0.15) is 43.1 Å². The number of hydrogen-bond acceptors (Lipinski definition) is 5. The van der Waals surface area contributed by atoms with Crippen molar-refractivity contribution in [1.29, 1.82) is 0 Å². The maximum absolute atomic E-state index is 12.3. The first-order valence-corrected chi connectivity index (χ1v) is 7.72. The van der Waals surface area contributed by atoms with Crippen LogP contribution in [-0.4, -0.2) is 39.9 Å². The molecule has 7 nitrogen and oxygen atoms in total. The van der Waals surface area contributed by atoms with Gasteiger partial charge in [-0.2, -0.15) is 0 Å².